The highest BCUT2D eigenvalue weighted by Gasteiger charge is 2.24. The molecule has 0 bridgehead atoms. The maximum Gasteiger partial charge on any atom is 0.217 e. The van der Waals surface area contributed by atoms with E-state index in [4.69, 9.17) is 0 Å². The first-order chi connectivity index (χ1) is 6.87. The van der Waals surface area contributed by atoms with Crippen LogP contribution in [0.5, 0.6) is 0 Å². The van der Waals surface area contributed by atoms with E-state index in [9.17, 15) is 4.79 Å². The highest BCUT2D eigenvalue weighted by atomic mass is 16.1. The Kier molecular flexibility index (Phi) is 4.14. The van der Waals surface area contributed by atoms with Crippen molar-refractivity contribution in [2.45, 2.75) is 71.0 Å². The quantitative estimate of drug-likeness (QED) is 0.733. The van der Waals surface area contributed by atoms with Crippen LogP contribution in [0.2, 0.25) is 0 Å². The Hall–Kier alpha value is -0.570. The molecule has 0 spiro atoms. The van der Waals surface area contributed by atoms with Gasteiger partial charge in [-0.3, -0.25) is 4.79 Å². The number of carbonyl (C=O) groups excluding carboxylic acids is 1. The van der Waals surface area contributed by atoms with Gasteiger partial charge in [0.2, 0.25) is 5.91 Å². The fourth-order valence-electron chi connectivity index (χ4n) is 2.28. The van der Waals surface area contributed by atoms with Crippen molar-refractivity contribution in [3.63, 3.8) is 0 Å². The molecule has 88 valence electrons. The second kappa shape index (κ2) is 4.97. The molecule has 2 N–H and O–H groups in total. The lowest BCUT2D eigenvalue weighted by molar-refractivity contribution is -0.119. The molecule has 15 heavy (non-hydrogen) atoms. The first-order valence-corrected chi connectivity index (χ1v) is 5.91. The summed E-state index contributed by atoms with van der Waals surface area (Å²) in [5.41, 5.74) is 0.200. The van der Waals surface area contributed by atoms with Crippen molar-refractivity contribution in [2.75, 3.05) is 0 Å². The number of carbonyl (C=O) groups is 1. The van der Waals surface area contributed by atoms with Crippen molar-refractivity contribution in [2.24, 2.45) is 0 Å². The van der Waals surface area contributed by atoms with Crippen LogP contribution in [-0.4, -0.2) is 23.5 Å². The fourth-order valence-corrected chi connectivity index (χ4v) is 2.28. The van der Waals surface area contributed by atoms with Crippen molar-refractivity contribution in [3.05, 3.63) is 0 Å². The number of nitrogens with one attached hydrogen (secondary N) is 2. The first-order valence-electron chi connectivity index (χ1n) is 5.91. The minimum Gasteiger partial charge on any atom is -0.354 e. The van der Waals surface area contributed by atoms with Crippen LogP contribution >= 0.6 is 0 Å². The minimum atomic E-state index is 0.0993. The Morgan fingerprint density at radius 2 is 1.53 bits per heavy atom. The van der Waals surface area contributed by atoms with Gasteiger partial charge in [-0.1, -0.05) is 0 Å². The summed E-state index contributed by atoms with van der Waals surface area (Å²) in [6.45, 7) is 8.20. The summed E-state index contributed by atoms with van der Waals surface area (Å²) >= 11 is 0. The number of hydrogen-bond acceptors (Lipinski definition) is 2. The van der Waals surface area contributed by atoms with Crippen LogP contribution in [0.4, 0.5) is 0 Å². The topological polar surface area (TPSA) is 41.1 Å². The summed E-state index contributed by atoms with van der Waals surface area (Å²) in [6.07, 6.45) is 4.55. The van der Waals surface area contributed by atoms with E-state index in [1.165, 1.54) is 12.8 Å². The Labute approximate surface area is 93.0 Å². The van der Waals surface area contributed by atoms with E-state index in [0.717, 1.165) is 12.8 Å². The van der Waals surface area contributed by atoms with Gasteiger partial charge in [0.1, 0.15) is 0 Å². The summed E-state index contributed by atoms with van der Waals surface area (Å²) in [7, 11) is 0. The molecule has 0 aromatic carbocycles. The molecule has 3 nitrogen and oxygen atoms in total. The standard InChI is InChI=1S/C12H24N2O/c1-9(15)13-10-5-7-11(8-6-10)14-12(2,3)4/h10-11,14H,5-8H2,1-4H3,(H,13,15)/t10-,11+. The predicted molar refractivity (Wildman–Crippen MR) is 62.7 cm³/mol. The maximum absolute atomic E-state index is 10.9. The van der Waals surface area contributed by atoms with Gasteiger partial charge in [0.15, 0.2) is 0 Å². The predicted octanol–water partition coefficient (Wildman–Crippen LogP) is 1.82. The van der Waals surface area contributed by atoms with E-state index >= 15 is 0 Å². The Morgan fingerprint density at radius 3 is 1.93 bits per heavy atom. The lowest BCUT2D eigenvalue weighted by atomic mass is 9.89. The van der Waals surface area contributed by atoms with Crippen LogP contribution < -0.4 is 10.6 Å². The summed E-state index contributed by atoms with van der Waals surface area (Å²) in [6, 6.07) is 1.02. The molecule has 1 amide bonds. The van der Waals surface area contributed by atoms with Crippen molar-refractivity contribution < 1.29 is 4.79 Å². The molecule has 0 heterocycles. The normalized spacial score (nSPS) is 27.5. The molecule has 1 saturated carbocycles. The Balaban J connectivity index is 2.27. The Bertz CT molecular complexity index is 212. The molecular weight excluding hydrogens is 188 g/mol. The van der Waals surface area contributed by atoms with Gasteiger partial charge in [-0.25, -0.2) is 0 Å². The molecule has 0 aromatic heterocycles. The van der Waals surface area contributed by atoms with Crippen LogP contribution in [0.15, 0.2) is 0 Å². The molecule has 0 atom stereocenters. The van der Waals surface area contributed by atoms with E-state index in [2.05, 4.69) is 31.4 Å². The summed E-state index contributed by atoms with van der Waals surface area (Å²) in [5, 5.41) is 6.62. The lowest BCUT2D eigenvalue weighted by Gasteiger charge is -2.34. The van der Waals surface area contributed by atoms with Crippen LogP contribution in [0.1, 0.15) is 53.4 Å². The highest BCUT2D eigenvalue weighted by Crippen LogP contribution is 2.20. The molecule has 0 radical (unpaired) electrons. The summed E-state index contributed by atoms with van der Waals surface area (Å²) in [4.78, 5) is 10.9. The van der Waals surface area contributed by atoms with Gasteiger partial charge in [-0.05, 0) is 46.5 Å². The number of amides is 1. The maximum atomic E-state index is 10.9. The largest absolute Gasteiger partial charge is 0.354 e. The van der Waals surface area contributed by atoms with Gasteiger partial charge >= 0.3 is 0 Å². The smallest absolute Gasteiger partial charge is 0.217 e. The molecule has 1 aliphatic carbocycles. The molecule has 0 aliphatic heterocycles. The molecule has 3 heteroatoms. The molecule has 1 aliphatic rings. The third-order valence-electron chi connectivity index (χ3n) is 2.77. The van der Waals surface area contributed by atoms with Crippen molar-refractivity contribution in [1.82, 2.24) is 10.6 Å². The number of hydrogen-bond donors (Lipinski definition) is 2. The second-order valence-corrected chi connectivity index (χ2v) is 5.64. The number of rotatable bonds is 2. The van der Waals surface area contributed by atoms with E-state index < -0.39 is 0 Å². The zero-order chi connectivity index (χ0) is 11.5. The van der Waals surface area contributed by atoms with Crippen molar-refractivity contribution in [1.29, 1.82) is 0 Å². The van der Waals surface area contributed by atoms with E-state index in [0.29, 0.717) is 12.1 Å². The zero-order valence-corrected chi connectivity index (χ0v) is 10.4. The van der Waals surface area contributed by atoms with Gasteiger partial charge in [-0.15, -0.1) is 0 Å². The van der Waals surface area contributed by atoms with Crippen LogP contribution in [0, 0.1) is 0 Å². The molecule has 0 unspecified atom stereocenters. The summed E-state index contributed by atoms with van der Waals surface area (Å²) in [5.74, 6) is 0.0993. The molecule has 0 aromatic rings. The molecular formula is C12H24N2O. The summed E-state index contributed by atoms with van der Waals surface area (Å²) < 4.78 is 0. The average molecular weight is 212 g/mol. The second-order valence-electron chi connectivity index (χ2n) is 5.64. The fraction of sp³-hybridized carbons (Fsp3) is 0.917. The Morgan fingerprint density at radius 1 is 1.07 bits per heavy atom. The zero-order valence-electron chi connectivity index (χ0n) is 10.4. The first kappa shape index (κ1) is 12.5. The van der Waals surface area contributed by atoms with E-state index in [-0.39, 0.29) is 11.4 Å². The van der Waals surface area contributed by atoms with Crippen molar-refractivity contribution >= 4 is 5.91 Å². The monoisotopic (exact) mass is 212 g/mol. The van der Waals surface area contributed by atoms with Gasteiger partial charge in [0.05, 0.1) is 0 Å². The van der Waals surface area contributed by atoms with Gasteiger partial charge in [-0.2, -0.15) is 0 Å². The average Bonchev–Trinajstić information content (AvgIpc) is 2.05. The van der Waals surface area contributed by atoms with Gasteiger partial charge in [0, 0.05) is 24.5 Å². The van der Waals surface area contributed by atoms with E-state index in [1.807, 2.05) is 0 Å². The minimum absolute atomic E-state index is 0.0993. The third kappa shape index (κ3) is 5.17. The molecule has 1 fully saturated rings. The van der Waals surface area contributed by atoms with E-state index in [1.54, 1.807) is 6.92 Å². The van der Waals surface area contributed by atoms with Gasteiger partial charge < -0.3 is 10.6 Å². The highest BCUT2D eigenvalue weighted by molar-refractivity contribution is 5.73. The molecule has 1 rings (SSSR count). The van der Waals surface area contributed by atoms with Crippen LogP contribution in [-0.2, 0) is 4.79 Å². The van der Waals surface area contributed by atoms with Crippen LogP contribution in [0.25, 0.3) is 0 Å². The third-order valence-corrected chi connectivity index (χ3v) is 2.77. The van der Waals surface area contributed by atoms with Gasteiger partial charge in [0.25, 0.3) is 0 Å². The van der Waals surface area contributed by atoms with Crippen molar-refractivity contribution in [3.8, 4) is 0 Å². The molecule has 0 saturated heterocycles. The SMILES string of the molecule is CC(=O)N[C@H]1CC[C@@H](NC(C)(C)C)CC1. The van der Waals surface area contributed by atoms with Crippen LogP contribution in [0.3, 0.4) is 0 Å². The lowest BCUT2D eigenvalue weighted by Crippen LogP contribution is -2.47.